The summed E-state index contributed by atoms with van der Waals surface area (Å²) in [5.74, 6) is 0. The van der Waals surface area contributed by atoms with Gasteiger partial charge in [0.25, 0.3) is 0 Å². The van der Waals surface area contributed by atoms with E-state index in [1.54, 1.807) is 12.3 Å². The van der Waals surface area contributed by atoms with E-state index in [-0.39, 0.29) is 5.63 Å². The monoisotopic (exact) mass is 357 g/mol. The summed E-state index contributed by atoms with van der Waals surface area (Å²) in [5.41, 5.74) is 3.37. The van der Waals surface area contributed by atoms with E-state index in [1.807, 2.05) is 25.1 Å². The first kappa shape index (κ1) is 16.4. The Morgan fingerprint density at radius 1 is 1.36 bits per heavy atom. The number of rotatable bonds is 4. The summed E-state index contributed by atoms with van der Waals surface area (Å²) in [7, 11) is 0. The number of halogens is 1. The van der Waals surface area contributed by atoms with E-state index in [2.05, 4.69) is 15.1 Å². The van der Waals surface area contributed by atoms with E-state index in [4.69, 9.17) is 16.0 Å². The molecule has 0 bridgehead atoms. The van der Waals surface area contributed by atoms with Gasteiger partial charge in [-0.25, -0.2) is 4.79 Å². The van der Waals surface area contributed by atoms with Gasteiger partial charge < -0.3 is 4.42 Å². The number of nitrogens with zero attached hydrogens (tertiary/aromatic N) is 2. The minimum atomic E-state index is -0.316. The van der Waals surface area contributed by atoms with Crippen molar-refractivity contribution >= 4 is 22.6 Å². The lowest BCUT2D eigenvalue weighted by atomic mass is 10.0. The Bertz CT molecular complexity index is 949. The molecule has 1 aliphatic rings. The zero-order chi connectivity index (χ0) is 17.4. The fourth-order valence-corrected chi connectivity index (χ4v) is 4.03. The van der Waals surface area contributed by atoms with Gasteiger partial charge in [-0.2, -0.15) is 5.10 Å². The van der Waals surface area contributed by atoms with Crippen LogP contribution in [0.15, 0.2) is 39.7 Å². The molecule has 1 aromatic carbocycles. The van der Waals surface area contributed by atoms with Crippen LogP contribution in [0.25, 0.3) is 11.0 Å². The summed E-state index contributed by atoms with van der Waals surface area (Å²) in [6.07, 6.45) is 4.80. The lowest BCUT2D eigenvalue weighted by Crippen LogP contribution is -2.23. The molecule has 0 saturated carbocycles. The highest BCUT2D eigenvalue weighted by atomic mass is 35.5. The van der Waals surface area contributed by atoms with Crippen molar-refractivity contribution in [1.82, 2.24) is 15.1 Å². The summed E-state index contributed by atoms with van der Waals surface area (Å²) in [4.78, 5) is 14.4. The second-order valence-corrected chi connectivity index (χ2v) is 6.93. The Labute approximate surface area is 150 Å². The van der Waals surface area contributed by atoms with Gasteiger partial charge in [0.05, 0.1) is 11.7 Å². The maximum Gasteiger partial charge on any atom is 0.336 e. The SMILES string of the molecule is CCc1cc2oc(=O)cc(CN3CCCC3c3ccn[nH]3)c2cc1Cl. The highest BCUT2D eigenvalue weighted by molar-refractivity contribution is 6.32. The average molecular weight is 358 g/mol. The summed E-state index contributed by atoms with van der Waals surface area (Å²) >= 11 is 6.39. The number of likely N-dealkylation sites (tertiary alicyclic amines) is 1. The molecule has 1 atom stereocenters. The van der Waals surface area contributed by atoms with Crippen LogP contribution >= 0.6 is 11.6 Å². The van der Waals surface area contributed by atoms with Crippen molar-refractivity contribution in [2.45, 2.75) is 38.8 Å². The number of aryl methyl sites for hydroxylation is 1. The van der Waals surface area contributed by atoms with E-state index in [1.165, 1.54) is 0 Å². The van der Waals surface area contributed by atoms with E-state index in [0.29, 0.717) is 18.2 Å². The van der Waals surface area contributed by atoms with E-state index < -0.39 is 0 Å². The van der Waals surface area contributed by atoms with Crippen LogP contribution in [0, 0.1) is 0 Å². The van der Waals surface area contributed by atoms with Crippen molar-refractivity contribution in [1.29, 1.82) is 0 Å². The first-order valence-electron chi connectivity index (χ1n) is 8.64. The molecule has 1 unspecified atom stereocenters. The molecule has 1 saturated heterocycles. The largest absolute Gasteiger partial charge is 0.423 e. The molecule has 3 heterocycles. The van der Waals surface area contributed by atoms with Crippen molar-refractivity contribution in [3.63, 3.8) is 0 Å². The van der Waals surface area contributed by atoms with Crippen LogP contribution in [-0.4, -0.2) is 21.6 Å². The van der Waals surface area contributed by atoms with Crippen LogP contribution in [0.1, 0.15) is 42.6 Å². The van der Waals surface area contributed by atoms with Gasteiger partial charge in [-0.1, -0.05) is 18.5 Å². The summed E-state index contributed by atoms with van der Waals surface area (Å²) in [6.45, 7) is 3.72. The molecule has 3 aromatic rings. The molecule has 25 heavy (non-hydrogen) atoms. The molecule has 4 rings (SSSR count). The van der Waals surface area contributed by atoms with Gasteiger partial charge in [0.15, 0.2) is 0 Å². The van der Waals surface area contributed by atoms with Crippen molar-refractivity contribution in [3.8, 4) is 0 Å². The third kappa shape index (κ3) is 3.10. The molecule has 6 heteroatoms. The maximum absolute atomic E-state index is 12.0. The zero-order valence-corrected chi connectivity index (χ0v) is 14.8. The molecular formula is C19H20ClN3O2. The topological polar surface area (TPSA) is 62.1 Å². The number of aromatic nitrogens is 2. The number of hydrogen-bond donors (Lipinski definition) is 1. The van der Waals surface area contributed by atoms with Crippen LogP contribution in [-0.2, 0) is 13.0 Å². The predicted octanol–water partition coefficient (Wildman–Crippen LogP) is 4.07. The third-order valence-electron chi connectivity index (χ3n) is 5.00. The van der Waals surface area contributed by atoms with E-state index in [0.717, 1.165) is 53.0 Å². The Hall–Kier alpha value is -2.11. The molecule has 0 aliphatic carbocycles. The molecule has 1 fully saturated rings. The smallest absolute Gasteiger partial charge is 0.336 e. The summed E-state index contributed by atoms with van der Waals surface area (Å²) < 4.78 is 5.41. The lowest BCUT2D eigenvalue weighted by Gasteiger charge is -2.24. The normalized spacial score (nSPS) is 18.2. The molecule has 5 nitrogen and oxygen atoms in total. The van der Waals surface area contributed by atoms with Crippen molar-refractivity contribution in [3.05, 3.63) is 62.7 Å². The molecule has 2 aromatic heterocycles. The van der Waals surface area contributed by atoms with Crippen molar-refractivity contribution < 1.29 is 4.42 Å². The first-order valence-corrected chi connectivity index (χ1v) is 9.02. The van der Waals surface area contributed by atoms with Gasteiger partial charge in [0, 0.05) is 29.2 Å². The highest BCUT2D eigenvalue weighted by Gasteiger charge is 2.27. The van der Waals surface area contributed by atoms with Gasteiger partial charge in [-0.15, -0.1) is 0 Å². The number of nitrogens with one attached hydrogen (secondary N) is 1. The second kappa shape index (κ2) is 6.65. The first-order chi connectivity index (χ1) is 12.2. The molecule has 0 radical (unpaired) electrons. The molecule has 1 aliphatic heterocycles. The average Bonchev–Trinajstić information content (AvgIpc) is 3.26. The Morgan fingerprint density at radius 2 is 2.24 bits per heavy atom. The predicted molar refractivity (Wildman–Crippen MR) is 97.8 cm³/mol. The van der Waals surface area contributed by atoms with E-state index >= 15 is 0 Å². The zero-order valence-electron chi connectivity index (χ0n) is 14.1. The molecule has 130 valence electrons. The fraction of sp³-hybridized carbons (Fsp3) is 0.368. The molecule has 0 spiro atoms. The Morgan fingerprint density at radius 3 is 3.00 bits per heavy atom. The number of H-pyrrole nitrogens is 1. The Kier molecular flexibility index (Phi) is 4.36. The van der Waals surface area contributed by atoms with Crippen molar-refractivity contribution in [2.24, 2.45) is 0 Å². The molecule has 0 amide bonds. The third-order valence-corrected chi connectivity index (χ3v) is 5.35. The van der Waals surface area contributed by atoms with Crippen molar-refractivity contribution in [2.75, 3.05) is 6.54 Å². The maximum atomic E-state index is 12.0. The van der Waals surface area contributed by atoms with Gasteiger partial charge >= 0.3 is 5.63 Å². The fourth-order valence-electron chi connectivity index (χ4n) is 3.73. The van der Waals surface area contributed by atoms with Crippen LogP contribution in [0.3, 0.4) is 0 Å². The van der Waals surface area contributed by atoms with Crippen LogP contribution in [0.4, 0.5) is 0 Å². The number of benzene rings is 1. The Balaban J connectivity index is 1.73. The number of hydrogen-bond acceptors (Lipinski definition) is 4. The van der Waals surface area contributed by atoms with Gasteiger partial charge in [0.1, 0.15) is 5.58 Å². The van der Waals surface area contributed by atoms with Crippen LogP contribution in [0.5, 0.6) is 0 Å². The second-order valence-electron chi connectivity index (χ2n) is 6.52. The molecular weight excluding hydrogens is 338 g/mol. The van der Waals surface area contributed by atoms with Crippen LogP contribution in [0.2, 0.25) is 5.02 Å². The molecule has 1 N–H and O–H groups in total. The van der Waals surface area contributed by atoms with E-state index in [9.17, 15) is 4.79 Å². The lowest BCUT2D eigenvalue weighted by molar-refractivity contribution is 0.244. The summed E-state index contributed by atoms with van der Waals surface area (Å²) in [6, 6.07) is 7.72. The number of aromatic amines is 1. The minimum Gasteiger partial charge on any atom is -0.423 e. The number of fused-ring (bicyclic) bond motifs is 1. The summed E-state index contributed by atoms with van der Waals surface area (Å²) in [5, 5.41) is 8.78. The minimum absolute atomic E-state index is 0.301. The highest BCUT2D eigenvalue weighted by Crippen LogP contribution is 2.33. The van der Waals surface area contributed by atoms with Crippen LogP contribution < -0.4 is 5.63 Å². The quantitative estimate of drug-likeness (QED) is 0.715. The van der Waals surface area contributed by atoms with Gasteiger partial charge in [-0.05, 0) is 55.1 Å². The van der Waals surface area contributed by atoms with Gasteiger partial charge in [0.2, 0.25) is 0 Å². The standard InChI is InChI=1S/C19H20ClN3O2/c1-2-12-8-18-14(10-15(12)20)13(9-19(24)25-18)11-23-7-3-4-17(23)16-5-6-21-22-16/h5-6,8-10,17H,2-4,7,11H2,1H3,(H,21,22). The van der Waals surface area contributed by atoms with Gasteiger partial charge in [-0.3, -0.25) is 10.00 Å².